The first-order chi connectivity index (χ1) is 15.5. The third-order valence-electron chi connectivity index (χ3n) is 7.35. The van der Waals surface area contributed by atoms with Gasteiger partial charge < -0.3 is 15.1 Å². The standard InChI is InChI=1S/C24H32N4O4/c1-27(21-4-5-22(30)26-23(21)31)24(32)20-14-19(3-2-18(20)15-29)28-12-8-17(9-13-28)16-6-10-25-11-7-16/h2-3,14-17,21,25H,4-13H2,1H3,(H,26,30,31). The molecule has 3 aliphatic heterocycles. The van der Waals surface area contributed by atoms with Gasteiger partial charge in [-0.1, -0.05) is 0 Å². The first-order valence-electron chi connectivity index (χ1n) is 11.6. The van der Waals surface area contributed by atoms with E-state index in [9.17, 15) is 19.2 Å². The second kappa shape index (κ2) is 9.81. The smallest absolute Gasteiger partial charge is 0.255 e. The monoisotopic (exact) mass is 440 g/mol. The summed E-state index contributed by atoms with van der Waals surface area (Å²) >= 11 is 0. The number of aldehydes is 1. The third-order valence-corrected chi connectivity index (χ3v) is 7.35. The van der Waals surface area contributed by atoms with Crippen LogP contribution in [0.1, 0.15) is 59.2 Å². The van der Waals surface area contributed by atoms with Crippen LogP contribution in [-0.4, -0.2) is 68.2 Å². The van der Waals surface area contributed by atoms with Crippen molar-refractivity contribution in [2.75, 3.05) is 38.1 Å². The van der Waals surface area contributed by atoms with E-state index in [0.29, 0.717) is 17.4 Å². The first kappa shape index (κ1) is 22.5. The number of amides is 3. The van der Waals surface area contributed by atoms with Crippen molar-refractivity contribution in [1.29, 1.82) is 0 Å². The number of hydrogen-bond donors (Lipinski definition) is 2. The van der Waals surface area contributed by atoms with Crippen molar-refractivity contribution < 1.29 is 19.2 Å². The molecule has 3 heterocycles. The van der Waals surface area contributed by atoms with Gasteiger partial charge in [0.25, 0.3) is 5.91 Å². The van der Waals surface area contributed by atoms with Crippen LogP contribution in [0.15, 0.2) is 18.2 Å². The van der Waals surface area contributed by atoms with E-state index < -0.39 is 11.9 Å². The van der Waals surface area contributed by atoms with E-state index >= 15 is 0 Å². The molecule has 1 aromatic rings. The normalized spacial score (nSPS) is 23.0. The van der Waals surface area contributed by atoms with Gasteiger partial charge in [-0.05, 0) is 75.2 Å². The summed E-state index contributed by atoms with van der Waals surface area (Å²) in [5.41, 5.74) is 1.53. The fraction of sp³-hybridized carbons (Fsp3) is 0.583. The molecular weight excluding hydrogens is 408 g/mol. The zero-order chi connectivity index (χ0) is 22.7. The maximum Gasteiger partial charge on any atom is 0.255 e. The zero-order valence-electron chi connectivity index (χ0n) is 18.6. The molecule has 1 unspecified atom stereocenters. The van der Waals surface area contributed by atoms with E-state index in [1.807, 2.05) is 6.07 Å². The molecule has 8 nitrogen and oxygen atoms in total. The van der Waals surface area contributed by atoms with Crippen LogP contribution < -0.4 is 15.5 Å². The summed E-state index contributed by atoms with van der Waals surface area (Å²) in [7, 11) is 1.55. The van der Waals surface area contributed by atoms with Gasteiger partial charge >= 0.3 is 0 Å². The summed E-state index contributed by atoms with van der Waals surface area (Å²) in [5.74, 6) is 0.377. The topological polar surface area (TPSA) is 98.8 Å². The SMILES string of the molecule is CN(C(=O)c1cc(N2CCC(C3CCNCC3)CC2)ccc1C=O)C1CCC(=O)NC1=O. The third kappa shape index (κ3) is 4.70. The van der Waals surface area contributed by atoms with Crippen LogP contribution in [-0.2, 0) is 9.59 Å². The van der Waals surface area contributed by atoms with Gasteiger partial charge in [-0.15, -0.1) is 0 Å². The Balaban J connectivity index is 1.46. The van der Waals surface area contributed by atoms with Crippen molar-refractivity contribution in [3.8, 4) is 0 Å². The summed E-state index contributed by atoms with van der Waals surface area (Å²) < 4.78 is 0. The van der Waals surface area contributed by atoms with Crippen molar-refractivity contribution in [1.82, 2.24) is 15.5 Å². The lowest BCUT2D eigenvalue weighted by Crippen LogP contribution is -2.53. The Hall–Kier alpha value is -2.74. The molecule has 2 N–H and O–H groups in total. The van der Waals surface area contributed by atoms with E-state index in [1.54, 1.807) is 19.2 Å². The van der Waals surface area contributed by atoms with Crippen LogP contribution in [0, 0.1) is 11.8 Å². The molecule has 172 valence electrons. The highest BCUT2D eigenvalue weighted by molar-refractivity contribution is 6.06. The van der Waals surface area contributed by atoms with Gasteiger partial charge in [-0.3, -0.25) is 24.5 Å². The number of anilines is 1. The fourth-order valence-electron chi connectivity index (χ4n) is 5.36. The van der Waals surface area contributed by atoms with Gasteiger partial charge in [0, 0.05) is 37.8 Å². The summed E-state index contributed by atoms with van der Waals surface area (Å²) in [6.07, 6.45) is 5.94. The molecule has 3 aliphatic rings. The number of nitrogens with zero attached hydrogens (tertiary/aromatic N) is 2. The lowest BCUT2D eigenvalue weighted by Gasteiger charge is -2.39. The molecular formula is C24H32N4O4. The number of carbonyl (C=O) groups excluding carboxylic acids is 4. The van der Waals surface area contributed by atoms with Gasteiger partial charge in [-0.25, -0.2) is 0 Å². The lowest BCUT2D eigenvalue weighted by atomic mass is 9.79. The Kier molecular flexibility index (Phi) is 6.89. The van der Waals surface area contributed by atoms with Crippen molar-refractivity contribution in [3.05, 3.63) is 29.3 Å². The van der Waals surface area contributed by atoms with Crippen molar-refractivity contribution in [3.63, 3.8) is 0 Å². The number of nitrogens with one attached hydrogen (secondary N) is 2. The van der Waals surface area contributed by atoms with Gasteiger partial charge in [-0.2, -0.15) is 0 Å². The molecule has 0 aromatic heterocycles. The average molecular weight is 441 g/mol. The first-order valence-corrected chi connectivity index (χ1v) is 11.6. The molecule has 3 saturated heterocycles. The number of carbonyl (C=O) groups is 4. The molecule has 32 heavy (non-hydrogen) atoms. The number of rotatable bonds is 5. The molecule has 0 radical (unpaired) electrons. The highest BCUT2D eigenvalue weighted by atomic mass is 16.2. The fourth-order valence-corrected chi connectivity index (χ4v) is 5.36. The Bertz CT molecular complexity index is 888. The van der Waals surface area contributed by atoms with E-state index in [-0.39, 0.29) is 24.7 Å². The van der Waals surface area contributed by atoms with Crippen molar-refractivity contribution in [2.24, 2.45) is 11.8 Å². The maximum absolute atomic E-state index is 13.2. The van der Waals surface area contributed by atoms with Crippen molar-refractivity contribution in [2.45, 2.75) is 44.6 Å². The predicted octanol–water partition coefficient (Wildman–Crippen LogP) is 1.59. The van der Waals surface area contributed by atoms with Gasteiger partial charge in [0.15, 0.2) is 6.29 Å². The maximum atomic E-state index is 13.2. The Morgan fingerprint density at radius 2 is 1.75 bits per heavy atom. The predicted molar refractivity (Wildman–Crippen MR) is 121 cm³/mol. The number of imide groups is 1. The molecule has 3 amide bonds. The van der Waals surface area contributed by atoms with Crippen molar-refractivity contribution >= 4 is 29.7 Å². The summed E-state index contributed by atoms with van der Waals surface area (Å²) in [5, 5.41) is 5.72. The highest BCUT2D eigenvalue weighted by Gasteiger charge is 2.34. The summed E-state index contributed by atoms with van der Waals surface area (Å²) in [6, 6.07) is 4.65. The molecule has 3 fully saturated rings. The minimum Gasteiger partial charge on any atom is -0.371 e. The van der Waals surface area contributed by atoms with Crippen LogP contribution in [0.4, 0.5) is 5.69 Å². The van der Waals surface area contributed by atoms with E-state index in [4.69, 9.17) is 0 Å². The largest absolute Gasteiger partial charge is 0.371 e. The minimum absolute atomic E-state index is 0.195. The number of likely N-dealkylation sites (N-methyl/N-ethyl adjacent to an activating group) is 1. The quantitative estimate of drug-likeness (QED) is 0.533. The molecule has 0 saturated carbocycles. The molecule has 8 heteroatoms. The molecule has 0 aliphatic carbocycles. The second-order valence-corrected chi connectivity index (χ2v) is 9.18. The molecule has 1 atom stereocenters. The average Bonchev–Trinajstić information content (AvgIpc) is 2.83. The summed E-state index contributed by atoms with van der Waals surface area (Å²) in [4.78, 5) is 52.1. The highest BCUT2D eigenvalue weighted by Crippen LogP contribution is 2.33. The number of piperidine rings is 3. The molecule has 4 rings (SSSR count). The Morgan fingerprint density at radius 1 is 1.06 bits per heavy atom. The zero-order valence-corrected chi connectivity index (χ0v) is 18.6. The van der Waals surface area contributed by atoms with E-state index in [2.05, 4.69) is 15.5 Å². The lowest BCUT2D eigenvalue weighted by molar-refractivity contribution is -0.136. The Labute approximate surface area is 188 Å². The summed E-state index contributed by atoms with van der Waals surface area (Å²) in [6.45, 7) is 4.10. The van der Waals surface area contributed by atoms with Gasteiger partial charge in [0.2, 0.25) is 11.8 Å². The Morgan fingerprint density at radius 3 is 2.41 bits per heavy atom. The number of benzene rings is 1. The van der Waals surface area contributed by atoms with Gasteiger partial charge in [0.05, 0.1) is 5.56 Å². The van der Waals surface area contributed by atoms with Crippen LogP contribution >= 0.6 is 0 Å². The van der Waals surface area contributed by atoms with Crippen LogP contribution in [0.3, 0.4) is 0 Å². The van der Waals surface area contributed by atoms with Gasteiger partial charge in [0.1, 0.15) is 6.04 Å². The molecule has 0 bridgehead atoms. The second-order valence-electron chi connectivity index (χ2n) is 9.18. The van der Waals surface area contributed by atoms with Crippen LogP contribution in [0.25, 0.3) is 0 Å². The van der Waals surface area contributed by atoms with Crippen LogP contribution in [0.2, 0.25) is 0 Å². The number of hydrogen-bond acceptors (Lipinski definition) is 6. The van der Waals surface area contributed by atoms with E-state index in [0.717, 1.165) is 56.5 Å². The minimum atomic E-state index is -0.718. The van der Waals surface area contributed by atoms with Crippen LogP contribution in [0.5, 0.6) is 0 Å². The molecule has 1 aromatic carbocycles. The van der Waals surface area contributed by atoms with E-state index in [1.165, 1.54) is 17.7 Å². The molecule has 0 spiro atoms.